The number of nitrogens with zero attached hydrogens (tertiary/aromatic N) is 3. The molecular weight excluding hydrogens is 545 g/mol. The Morgan fingerprint density at radius 1 is 1.10 bits per heavy atom. The summed E-state index contributed by atoms with van der Waals surface area (Å²) in [4.78, 5) is 34.7. The Labute approximate surface area is 234 Å². The SMILES string of the molecule is NC(CCC1CC1)(c1ccncc1)c1ccc(F)c(NC(=O)C2CC(F)(F)CN2C(=O)Nc2ccc(Cl)cn2)c1. The summed E-state index contributed by atoms with van der Waals surface area (Å²) < 4.78 is 43.7. The molecule has 1 saturated carbocycles. The van der Waals surface area contributed by atoms with Gasteiger partial charge in [0.2, 0.25) is 5.91 Å². The van der Waals surface area contributed by atoms with Crippen LogP contribution in [0.5, 0.6) is 0 Å². The number of urea groups is 1. The van der Waals surface area contributed by atoms with E-state index in [2.05, 4.69) is 20.6 Å². The van der Waals surface area contributed by atoms with Crippen LogP contribution in [0.1, 0.15) is 43.2 Å². The molecule has 1 saturated heterocycles. The van der Waals surface area contributed by atoms with Gasteiger partial charge in [0.1, 0.15) is 17.7 Å². The van der Waals surface area contributed by atoms with Crippen LogP contribution in [0.25, 0.3) is 0 Å². The Morgan fingerprint density at radius 2 is 1.85 bits per heavy atom. The third-order valence-corrected chi connectivity index (χ3v) is 7.60. The molecule has 3 amide bonds. The molecule has 1 aliphatic carbocycles. The number of nitrogens with two attached hydrogens (primary N) is 1. The van der Waals surface area contributed by atoms with Gasteiger partial charge >= 0.3 is 6.03 Å². The topological polar surface area (TPSA) is 113 Å². The molecule has 2 unspecified atom stereocenters. The van der Waals surface area contributed by atoms with E-state index in [1.165, 1.54) is 30.5 Å². The summed E-state index contributed by atoms with van der Waals surface area (Å²) in [7, 11) is 0. The lowest BCUT2D eigenvalue weighted by Gasteiger charge is -2.31. The normalized spacial score (nSPS) is 19.6. The summed E-state index contributed by atoms with van der Waals surface area (Å²) in [5.74, 6) is -4.36. The van der Waals surface area contributed by atoms with E-state index in [4.69, 9.17) is 17.3 Å². The highest BCUT2D eigenvalue weighted by molar-refractivity contribution is 6.30. The van der Waals surface area contributed by atoms with Crippen LogP contribution in [0.15, 0.2) is 61.1 Å². The van der Waals surface area contributed by atoms with Crippen molar-refractivity contribution in [1.29, 1.82) is 0 Å². The van der Waals surface area contributed by atoms with E-state index in [9.17, 15) is 22.8 Å². The summed E-state index contributed by atoms with van der Waals surface area (Å²) in [5, 5.41) is 5.13. The second-order valence-corrected chi connectivity index (χ2v) is 10.8. The standard InChI is InChI=1S/C28H28ClF3N6O2/c29-20-4-6-24(35-15-20)37-26(40)38-16-27(31,32)14-23(38)25(39)36-22-13-19(3-5-21(22)30)28(33,10-7-17-1-2-17)18-8-11-34-12-9-18/h3-6,8-9,11-13,15,17,23H,1-2,7,10,14,16,33H2,(H,36,39)(H,35,37,40). The first-order valence-electron chi connectivity index (χ1n) is 12.9. The number of anilines is 2. The van der Waals surface area contributed by atoms with Crippen molar-refractivity contribution >= 4 is 35.0 Å². The van der Waals surface area contributed by atoms with Crippen LogP contribution in [-0.2, 0) is 10.3 Å². The summed E-state index contributed by atoms with van der Waals surface area (Å²) in [5.41, 5.74) is 7.06. The van der Waals surface area contributed by atoms with Gasteiger partial charge in [0.15, 0.2) is 0 Å². The van der Waals surface area contributed by atoms with E-state index in [1.54, 1.807) is 30.6 Å². The average Bonchev–Trinajstić information content (AvgIpc) is 3.71. The highest BCUT2D eigenvalue weighted by atomic mass is 35.5. The molecule has 3 aromatic rings. The largest absolute Gasteiger partial charge is 0.323 e. The van der Waals surface area contributed by atoms with Crippen molar-refractivity contribution in [3.8, 4) is 0 Å². The molecule has 0 spiro atoms. The Kier molecular flexibility index (Phi) is 7.70. The van der Waals surface area contributed by atoms with Crippen LogP contribution in [0, 0.1) is 11.7 Å². The summed E-state index contributed by atoms with van der Waals surface area (Å²) in [6, 6.07) is 8.12. The van der Waals surface area contributed by atoms with Gasteiger partial charge in [-0.15, -0.1) is 0 Å². The molecule has 2 aromatic heterocycles. The quantitative estimate of drug-likeness (QED) is 0.328. The number of carbonyl (C=O) groups is 2. The fourth-order valence-corrected chi connectivity index (χ4v) is 5.07. The maximum atomic E-state index is 14.9. The molecule has 40 heavy (non-hydrogen) atoms. The molecule has 4 N–H and O–H groups in total. The number of carbonyl (C=O) groups excluding carboxylic acids is 2. The van der Waals surface area contributed by atoms with Crippen molar-refractivity contribution < 1.29 is 22.8 Å². The first-order chi connectivity index (χ1) is 19.0. The molecule has 1 aliphatic heterocycles. The van der Waals surface area contributed by atoms with Crippen LogP contribution in [0.4, 0.5) is 29.5 Å². The molecule has 12 heteroatoms. The minimum atomic E-state index is -3.32. The van der Waals surface area contributed by atoms with E-state index < -0.39 is 48.2 Å². The van der Waals surface area contributed by atoms with Crippen LogP contribution in [-0.4, -0.2) is 45.3 Å². The molecule has 5 rings (SSSR count). The first kappa shape index (κ1) is 27.9. The van der Waals surface area contributed by atoms with Crippen LogP contribution in [0.2, 0.25) is 5.02 Å². The van der Waals surface area contributed by atoms with Crippen LogP contribution in [0.3, 0.4) is 0 Å². The second-order valence-electron chi connectivity index (χ2n) is 10.4. The van der Waals surface area contributed by atoms with Gasteiger partial charge in [-0.1, -0.05) is 30.5 Å². The van der Waals surface area contributed by atoms with Crippen molar-refractivity contribution in [2.75, 3.05) is 17.2 Å². The molecule has 0 bridgehead atoms. The molecular formula is C28H28ClF3N6O2. The fourth-order valence-electron chi connectivity index (χ4n) is 4.95. The zero-order valence-electron chi connectivity index (χ0n) is 21.4. The number of hydrogen-bond donors (Lipinski definition) is 3. The van der Waals surface area contributed by atoms with Gasteiger partial charge in [-0.25, -0.2) is 22.9 Å². The Balaban J connectivity index is 1.38. The fraction of sp³-hybridized carbons (Fsp3) is 0.357. The molecule has 2 fully saturated rings. The summed E-state index contributed by atoms with van der Waals surface area (Å²) in [6.45, 7) is -0.984. The number of benzene rings is 1. The second kappa shape index (κ2) is 11.1. The van der Waals surface area contributed by atoms with Gasteiger partial charge in [0.05, 0.1) is 22.8 Å². The van der Waals surface area contributed by atoms with Gasteiger partial charge in [-0.05, 0) is 66.3 Å². The molecule has 1 aromatic carbocycles. The molecule has 210 valence electrons. The lowest BCUT2D eigenvalue weighted by Crippen LogP contribution is -2.45. The summed E-state index contributed by atoms with van der Waals surface area (Å²) in [6.07, 6.45) is 7.36. The summed E-state index contributed by atoms with van der Waals surface area (Å²) >= 11 is 5.80. The van der Waals surface area contributed by atoms with E-state index in [0.29, 0.717) is 27.8 Å². The average molecular weight is 573 g/mol. The number of nitrogens with one attached hydrogen (secondary N) is 2. The van der Waals surface area contributed by atoms with Crippen molar-refractivity contribution in [2.45, 2.75) is 49.6 Å². The third kappa shape index (κ3) is 6.20. The number of halogens is 4. The molecule has 0 radical (unpaired) electrons. The van der Waals surface area contributed by atoms with Crippen molar-refractivity contribution in [1.82, 2.24) is 14.9 Å². The van der Waals surface area contributed by atoms with Crippen molar-refractivity contribution in [3.63, 3.8) is 0 Å². The third-order valence-electron chi connectivity index (χ3n) is 7.37. The van der Waals surface area contributed by atoms with E-state index in [0.717, 1.165) is 24.8 Å². The molecule has 2 aliphatic rings. The van der Waals surface area contributed by atoms with E-state index in [1.807, 2.05) is 0 Å². The maximum absolute atomic E-state index is 14.9. The Bertz CT molecular complexity index is 1390. The molecule has 2 atom stereocenters. The van der Waals surface area contributed by atoms with Gasteiger partial charge in [-0.2, -0.15) is 0 Å². The minimum Gasteiger partial charge on any atom is -0.322 e. The monoisotopic (exact) mass is 572 g/mol. The number of alkyl halides is 2. The number of pyridine rings is 2. The molecule has 3 heterocycles. The predicted octanol–water partition coefficient (Wildman–Crippen LogP) is 5.54. The van der Waals surface area contributed by atoms with Gasteiger partial charge in [-0.3, -0.25) is 15.1 Å². The van der Waals surface area contributed by atoms with Gasteiger partial charge in [0.25, 0.3) is 5.92 Å². The van der Waals surface area contributed by atoms with E-state index >= 15 is 0 Å². The number of rotatable bonds is 8. The lowest BCUT2D eigenvalue weighted by atomic mass is 9.79. The number of likely N-dealkylation sites (tertiary alicyclic amines) is 1. The van der Waals surface area contributed by atoms with Crippen LogP contribution >= 0.6 is 11.6 Å². The minimum absolute atomic E-state index is 0.0733. The van der Waals surface area contributed by atoms with Gasteiger partial charge < -0.3 is 16.0 Å². The Hall–Kier alpha value is -3.70. The predicted molar refractivity (Wildman–Crippen MR) is 145 cm³/mol. The van der Waals surface area contributed by atoms with Crippen molar-refractivity contribution in [3.05, 3.63) is 83.0 Å². The number of hydrogen-bond acceptors (Lipinski definition) is 5. The van der Waals surface area contributed by atoms with Crippen molar-refractivity contribution in [2.24, 2.45) is 11.7 Å². The lowest BCUT2D eigenvalue weighted by molar-refractivity contribution is -0.119. The smallest absolute Gasteiger partial charge is 0.322 e. The molecule has 8 nitrogen and oxygen atoms in total. The zero-order chi connectivity index (χ0) is 28.5. The number of amides is 3. The van der Waals surface area contributed by atoms with Crippen LogP contribution < -0.4 is 16.4 Å². The highest BCUT2D eigenvalue weighted by Gasteiger charge is 2.50. The maximum Gasteiger partial charge on any atom is 0.323 e. The van der Waals surface area contributed by atoms with Gasteiger partial charge in [0, 0.05) is 25.0 Å². The first-order valence-corrected chi connectivity index (χ1v) is 13.3. The number of aromatic nitrogens is 2. The van der Waals surface area contributed by atoms with E-state index in [-0.39, 0.29) is 11.5 Å². The Morgan fingerprint density at radius 3 is 2.52 bits per heavy atom. The highest BCUT2D eigenvalue weighted by Crippen LogP contribution is 2.40. The zero-order valence-corrected chi connectivity index (χ0v) is 22.2.